The molecule has 0 aliphatic heterocycles. The van der Waals surface area contributed by atoms with E-state index >= 15 is 0 Å². The first kappa shape index (κ1) is 17.1. The van der Waals surface area contributed by atoms with E-state index in [0.717, 1.165) is 22.7 Å². The largest absolute Gasteiger partial charge is 0.326 e. The van der Waals surface area contributed by atoms with Crippen molar-refractivity contribution in [1.29, 1.82) is 0 Å². The first-order chi connectivity index (χ1) is 11.2. The lowest BCUT2D eigenvalue weighted by Crippen LogP contribution is -2.14. The summed E-state index contributed by atoms with van der Waals surface area (Å²) >= 11 is 1.44. The highest BCUT2D eigenvalue weighted by molar-refractivity contribution is 8.00. The molecule has 0 atom stereocenters. The summed E-state index contributed by atoms with van der Waals surface area (Å²) in [6.07, 6.45) is 1.33. The van der Waals surface area contributed by atoms with Gasteiger partial charge in [0.1, 0.15) is 0 Å². The molecule has 0 saturated heterocycles. The van der Waals surface area contributed by atoms with Gasteiger partial charge in [0.2, 0.25) is 11.8 Å². The number of benzene rings is 2. The second-order valence-corrected chi connectivity index (χ2v) is 6.08. The summed E-state index contributed by atoms with van der Waals surface area (Å²) in [6.45, 7) is 1.97. The maximum atomic E-state index is 11.9. The molecule has 2 aromatic carbocycles. The second kappa shape index (κ2) is 9.00. The SMILES string of the molecule is CCCC(=O)Nc1cccc(SCC(=O)Nc2ccccc2)c1. The summed E-state index contributed by atoms with van der Waals surface area (Å²) in [5, 5.41) is 5.70. The maximum Gasteiger partial charge on any atom is 0.234 e. The van der Waals surface area contributed by atoms with Crippen molar-refractivity contribution in [2.24, 2.45) is 0 Å². The lowest BCUT2D eigenvalue weighted by atomic mass is 10.3. The van der Waals surface area contributed by atoms with E-state index in [1.54, 1.807) is 0 Å². The van der Waals surface area contributed by atoms with Crippen LogP contribution >= 0.6 is 11.8 Å². The summed E-state index contributed by atoms with van der Waals surface area (Å²) in [4.78, 5) is 24.5. The molecule has 4 nitrogen and oxygen atoms in total. The number of hydrogen-bond donors (Lipinski definition) is 2. The molecule has 2 amide bonds. The second-order valence-electron chi connectivity index (χ2n) is 5.03. The van der Waals surface area contributed by atoms with Crippen LogP contribution < -0.4 is 10.6 Å². The number of rotatable bonds is 7. The van der Waals surface area contributed by atoms with Crippen LogP contribution in [0.4, 0.5) is 11.4 Å². The van der Waals surface area contributed by atoms with Crippen molar-refractivity contribution in [1.82, 2.24) is 0 Å². The van der Waals surface area contributed by atoms with E-state index in [2.05, 4.69) is 10.6 Å². The third kappa shape index (κ3) is 6.16. The third-order valence-electron chi connectivity index (χ3n) is 3.02. The Morgan fingerprint density at radius 1 is 0.913 bits per heavy atom. The van der Waals surface area contributed by atoms with E-state index in [0.29, 0.717) is 12.2 Å². The Labute approximate surface area is 140 Å². The molecule has 0 spiro atoms. The Morgan fingerprint density at radius 3 is 2.35 bits per heavy atom. The number of nitrogens with one attached hydrogen (secondary N) is 2. The van der Waals surface area contributed by atoms with Crippen LogP contribution in [-0.2, 0) is 9.59 Å². The molecule has 0 bridgehead atoms. The summed E-state index contributed by atoms with van der Waals surface area (Å²) < 4.78 is 0. The van der Waals surface area contributed by atoms with E-state index in [9.17, 15) is 9.59 Å². The van der Waals surface area contributed by atoms with E-state index in [4.69, 9.17) is 0 Å². The van der Waals surface area contributed by atoms with Gasteiger partial charge in [-0.25, -0.2) is 0 Å². The number of carbonyl (C=O) groups is 2. The molecule has 120 valence electrons. The molecular weight excluding hydrogens is 308 g/mol. The molecular formula is C18H20N2O2S. The molecule has 0 fully saturated rings. The molecule has 2 N–H and O–H groups in total. The Balaban J connectivity index is 1.85. The molecule has 2 rings (SSSR count). The first-order valence-electron chi connectivity index (χ1n) is 7.55. The number of carbonyl (C=O) groups excluding carboxylic acids is 2. The van der Waals surface area contributed by atoms with Crippen LogP contribution in [0.25, 0.3) is 0 Å². The van der Waals surface area contributed by atoms with Gasteiger partial charge in [-0.3, -0.25) is 9.59 Å². The van der Waals surface area contributed by atoms with Gasteiger partial charge in [-0.15, -0.1) is 11.8 Å². The van der Waals surface area contributed by atoms with Crippen molar-refractivity contribution in [2.45, 2.75) is 24.7 Å². The fourth-order valence-electron chi connectivity index (χ4n) is 1.98. The van der Waals surface area contributed by atoms with Crippen molar-refractivity contribution in [3.8, 4) is 0 Å². The predicted molar refractivity (Wildman–Crippen MR) is 95.8 cm³/mol. The monoisotopic (exact) mass is 328 g/mol. The Morgan fingerprint density at radius 2 is 1.61 bits per heavy atom. The van der Waals surface area contributed by atoms with Gasteiger partial charge in [0, 0.05) is 22.7 Å². The van der Waals surface area contributed by atoms with Gasteiger partial charge in [0.15, 0.2) is 0 Å². The molecule has 0 unspecified atom stereocenters. The van der Waals surface area contributed by atoms with Crippen LogP contribution in [-0.4, -0.2) is 17.6 Å². The number of hydrogen-bond acceptors (Lipinski definition) is 3. The highest BCUT2D eigenvalue weighted by Gasteiger charge is 2.05. The fourth-order valence-corrected chi connectivity index (χ4v) is 2.74. The molecule has 0 heterocycles. The first-order valence-corrected chi connectivity index (χ1v) is 8.53. The molecule has 0 saturated carbocycles. The van der Waals surface area contributed by atoms with Crippen LogP contribution in [0.1, 0.15) is 19.8 Å². The number of anilines is 2. The van der Waals surface area contributed by atoms with Crippen LogP contribution in [0, 0.1) is 0 Å². The number of amides is 2. The zero-order valence-electron chi connectivity index (χ0n) is 13.0. The lowest BCUT2D eigenvalue weighted by molar-refractivity contribution is -0.116. The molecule has 23 heavy (non-hydrogen) atoms. The molecule has 0 aliphatic rings. The molecule has 0 aliphatic carbocycles. The Hall–Kier alpha value is -2.27. The van der Waals surface area contributed by atoms with Gasteiger partial charge in [-0.1, -0.05) is 31.2 Å². The highest BCUT2D eigenvalue weighted by atomic mass is 32.2. The summed E-state index contributed by atoms with van der Waals surface area (Å²) in [5.74, 6) is 0.277. The van der Waals surface area contributed by atoms with Gasteiger partial charge < -0.3 is 10.6 Å². The lowest BCUT2D eigenvalue weighted by Gasteiger charge is -2.07. The van der Waals surface area contributed by atoms with Crippen molar-refractivity contribution in [3.05, 3.63) is 54.6 Å². The Kier molecular flexibility index (Phi) is 6.69. The van der Waals surface area contributed by atoms with Crippen LogP contribution in [0.15, 0.2) is 59.5 Å². The molecule has 2 aromatic rings. The van der Waals surface area contributed by atoms with E-state index in [1.807, 2.05) is 61.5 Å². The highest BCUT2D eigenvalue weighted by Crippen LogP contribution is 2.22. The normalized spacial score (nSPS) is 10.1. The zero-order chi connectivity index (χ0) is 16.5. The third-order valence-corrected chi connectivity index (χ3v) is 4.02. The van der Waals surface area contributed by atoms with Gasteiger partial charge in [0.05, 0.1) is 5.75 Å². The average molecular weight is 328 g/mol. The van der Waals surface area contributed by atoms with Crippen LogP contribution in [0.2, 0.25) is 0 Å². The van der Waals surface area contributed by atoms with Gasteiger partial charge >= 0.3 is 0 Å². The summed E-state index contributed by atoms with van der Waals surface area (Å²) in [7, 11) is 0. The van der Waals surface area contributed by atoms with Crippen LogP contribution in [0.3, 0.4) is 0 Å². The van der Waals surface area contributed by atoms with E-state index < -0.39 is 0 Å². The summed E-state index contributed by atoms with van der Waals surface area (Å²) in [5.41, 5.74) is 1.55. The smallest absolute Gasteiger partial charge is 0.234 e. The minimum atomic E-state index is -0.0541. The average Bonchev–Trinajstić information content (AvgIpc) is 2.54. The number of thioether (sulfide) groups is 1. The minimum absolute atomic E-state index is 0.0106. The van der Waals surface area contributed by atoms with Crippen LogP contribution in [0.5, 0.6) is 0 Å². The predicted octanol–water partition coefficient (Wildman–Crippen LogP) is 4.16. The van der Waals surface area contributed by atoms with E-state index in [-0.39, 0.29) is 11.8 Å². The fraction of sp³-hybridized carbons (Fsp3) is 0.222. The van der Waals surface area contributed by atoms with Crippen molar-refractivity contribution < 1.29 is 9.59 Å². The van der Waals surface area contributed by atoms with Crippen molar-refractivity contribution >= 4 is 35.0 Å². The summed E-state index contributed by atoms with van der Waals surface area (Å²) in [6, 6.07) is 16.9. The van der Waals surface area contributed by atoms with Crippen molar-refractivity contribution in [3.63, 3.8) is 0 Å². The molecule has 5 heteroatoms. The molecule has 0 radical (unpaired) electrons. The minimum Gasteiger partial charge on any atom is -0.326 e. The number of para-hydroxylation sites is 1. The van der Waals surface area contributed by atoms with E-state index in [1.165, 1.54) is 11.8 Å². The standard InChI is InChI=1S/C18H20N2O2S/c1-2-7-17(21)20-15-10-6-11-16(12-15)23-13-18(22)19-14-8-4-3-5-9-14/h3-6,8-12H,2,7,13H2,1H3,(H,19,22)(H,20,21). The van der Waals surface area contributed by atoms with Crippen molar-refractivity contribution in [2.75, 3.05) is 16.4 Å². The topological polar surface area (TPSA) is 58.2 Å². The Bertz CT molecular complexity index is 659. The molecule has 0 aromatic heterocycles. The van der Waals surface area contributed by atoms with Gasteiger partial charge in [-0.2, -0.15) is 0 Å². The quantitative estimate of drug-likeness (QED) is 0.751. The van der Waals surface area contributed by atoms with Gasteiger partial charge in [0.25, 0.3) is 0 Å². The van der Waals surface area contributed by atoms with Gasteiger partial charge in [-0.05, 0) is 36.8 Å². The maximum absolute atomic E-state index is 11.9. The zero-order valence-corrected chi connectivity index (χ0v) is 13.9.